The normalized spacial score (nSPS) is 13.9. The minimum atomic E-state index is -0.184. The molecule has 0 fully saturated rings. The number of hydrogen-bond donors (Lipinski definition) is 2. The van der Waals surface area contributed by atoms with Crippen LogP contribution >= 0.6 is 0 Å². The van der Waals surface area contributed by atoms with E-state index in [-0.39, 0.29) is 5.91 Å². The lowest BCUT2D eigenvalue weighted by molar-refractivity contribution is 0.0944. The first-order chi connectivity index (χ1) is 11.8. The Kier molecular flexibility index (Phi) is 3.84. The summed E-state index contributed by atoms with van der Waals surface area (Å²) in [5.74, 6) is 0.444. The van der Waals surface area contributed by atoms with Crippen LogP contribution in [0.15, 0.2) is 29.0 Å². The van der Waals surface area contributed by atoms with Gasteiger partial charge in [-0.2, -0.15) is 0 Å². The molecule has 1 amide bonds. The highest BCUT2D eigenvalue weighted by atomic mass is 16.3. The van der Waals surface area contributed by atoms with Crippen LogP contribution in [-0.4, -0.2) is 15.9 Å². The van der Waals surface area contributed by atoms with Gasteiger partial charge in [0.15, 0.2) is 12.1 Å². The van der Waals surface area contributed by atoms with Crippen LogP contribution in [0.3, 0.4) is 0 Å². The van der Waals surface area contributed by atoms with E-state index in [1.165, 1.54) is 41.4 Å². The predicted molar refractivity (Wildman–Crippen MR) is 92.0 cm³/mol. The van der Waals surface area contributed by atoms with Gasteiger partial charge >= 0.3 is 0 Å². The first-order valence-electron chi connectivity index (χ1n) is 8.59. The number of fused-ring (bicyclic) bond motifs is 3. The van der Waals surface area contributed by atoms with Crippen molar-refractivity contribution in [1.29, 1.82) is 0 Å². The molecule has 0 radical (unpaired) electrons. The van der Waals surface area contributed by atoms with Crippen LogP contribution in [0.25, 0.3) is 10.9 Å². The molecule has 2 aromatic heterocycles. The van der Waals surface area contributed by atoms with Crippen molar-refractivity contribution in [3.05, 3.63) is 52.9 Å². The van der Waals surface area contributed by atoms with E-state index < -0.39 is 0 Å². The van der Waals surface area contributed by atoms with E-state index in [1.807, 2.05) is 6.92 Å². The van der Waals surface area contributed by atoms with Crippen LogP contribution in [0, 0.1) is 0 Å². The molecule has 0 saturated carbocycles. The van der Waals surface area contributed by atoms with Crippen molar-refractivity contribution in [3.8, 4) is 0 Å². The third-order valence-corrected chi connectivity index (χ3v) is 4.79. The lowest BCUT2D eigenvalue weighted by atomic mass is 9.95. The lowest BCUT2D eigenvalue weighted by Crippen LogP contribution is -2.24. The second-order valence-electron chi connectivity index (χ2n) is 6.33. The Hall–Kier alpha value is -2.56. The fraction of sp³-hybridized carbons (Fsp3) is 0.368. The van der Waals surface area contributed by atoms with Gasteiger partial charge in [0.25, 0.3) is 5.91 Å². The Balaban J connectivity index is 1.53. The van der Waals surface area contributed by atoms with Crippen LogP contribution in [0.4, 0.5) is 0 Å². The van der Waals surface area contributed by atoms with Crippen LogP contribution in [0.5, 0.6) is 0 Å². The number of aromatic nitrogens is 2. The van der Waals surface area contributed by atoms with Gasteiger partial charge in [-0.15, -0.1) is 0 Å². The zero-order chi connectivity index (χ0) is 16.5. The second kappa shape index (κ2) is 6.15. The Morgan fingerprint density at radius 1 is 1.33 bits per heavy atom. The Bertz CT molecular complexity index is 891. The molecule has 2 heterocycles. The van der Waals surface area contributed by atoms with Crippen molar-refractivity contribution in [1.82, 2.24) is 15.3 Å². The number of amides is 1. The van der Waals surface area contributed by atoms with E-state index in [9.17, 15) is 4.79 Å². The summed E-state index contributed by atoms with van der Waals surface area (Å²) in [6.45, 7) is 2.44. The molecule has 24 heavy (non-hydrogen) atoms. The molecule has 0 bridgehead atoms. The molecule has 0 saturated heterocycles. The Morgan fingerprint density at radius 2 is 2.21 bits per heavy atom. The number of nitrogens with zero attached hydrogens (tertiary/aromatic N) is 1. The van der Waals surface area contributed by atoms with Gasteiger partial charge in [-0.3, -0.25) is 4.79 Å². The smallest absolute Gasteiger partial charge is 0.273 e. The predicted octanol–water partition coefficient (Wildman–Crippen LogP) is 3.53. The molecule has 0 atom stereocenters. The number of rotatable bonds is 4. The van der Waals surface area contributed by atoms with E-state index in [4.69, 9.17) is 4.42 Å². The summed E-state index contributed by atoms with van der Waals surface area (Å²) in [6, 6.07) is 6.37. The largest absolute Gasteiger partial charge is 0.448 e. The maximum absolute atomic E-state index is 12.3. The van der Waals surface area contributed by atoms with Gasteiger partial charge in [-0.25, -0.2) is 4.98 Å². The molecule has 0 aliphatic heterocycles. The number of H-pyrrole nitrogens is 1. The maximum Gasteiger partial charge on any atom is 0.273 e. The fourth-order valence-electron chi connectivity index (χ4n) is 3.54. The van der Waals surface area contributed by atoms with Crippen LogP contribution in [0.2, 0.25) is 0 Å². The highest BCUT2D eigenvalue weighted by molar-refractivity contribution is 5.93. The quantitative estimate of drug-likeness (QED) is 0.771. The van der Waals surface area contributed by atoms with Gasteiger partial charge in [0, 0.05) is 29.6 Å². The molecule has 0 spiro atoms. The SMILES string of the molecule is CCc1ocnc1C(=O)NCc1ccc2[nH]c3c(c2c1)CCCC3. The number of aromatic amines is 1. The number of aryl methyl sites for hydroxylation is 3. The van der Waals surface area contributed by atoms with E-state index in [2.05, 4.69) is 33.5 Å². The van der Waals surface area contributed by atoms with Crippen LogP contribution in [-0.2, 0) is 25.8 Å². The van der Waals surface area contributed by atoms with Gasteiger partial charge in [0.1, 0.15) is 5.76 Å². The summed E-state index contributed by atoms with van der Waals surface area (Å²) in [5.41, 5.74) is 5.52. The number of nitrogens with one attached hydrogen (secondary N) is 2. The van der Waals surface area contributed by atoms with Crippen LogP contribution in [0.1, 0.15) is 52.8 Å². The molecular formula is C19H21N3O2. The lowest BCUT2D eigenvalue weighted by Gasteiger charge is -2.10. The molecule has 1 aromatic carbocycles. The summed E-state index contributed by atoms with van der Waals surface area (Å²) in [6.07, 6.45) is 6.79. The van der Waals surface area contributed by atoms with E-state index in [0.29, 0.717) is 24.4 Å². The average molecular weight is 323 g/mol. The third kappa shape index (κ3) is 2.60. The molecule has 4 rings (SSSR count). The van der Waals surface area contributed by atoms with Crippen molar-refractivity contribution in [3.63, 3.8) is 0 Å². The summed E-state index contributed by atoms with van der Waals surface area (Å²) in [7, 11) is 0. The minimum Gasteiger partial charge on any atom is -0.448 e. The molecular weight excluding hydrogens is 302 g/mol. The number of oxazole rings is 1. The molecule has 3 aromatic rings. The van der Waals surface area contributed by atoms with Crippen molar-refractivity contribution in [2.75, 3.05) is 0 Å². The third-order valence-electron chi connectivity index (χ3n) is 4.79. The standard InChI is InChI=1S/C19H21N3O2/c1-2-17-18(21-11-24-17)19(23)20-10-12-7-8-16-14(9-12)13-5-3-4-6-15(13)22-16/h7-9,11,22H,2-6,10H2,1H3,(H,20,23). The molecule has 0 unspecified atom stereocenters. The zero-order valence-electron chi connectivity index (χ0n) is 13.8. The van der Waals surface area contributed by atoms with Crippen molar-refractivity contribution in [2.45, 2.75) is 45.6 Å². The summed E-state index contributed by atoms with van der Waals surface area (Å²) in [4.78, 5) is 19.8. The summed E-state index contributed by atoms with van der Waals surface area (Å²) in [5, 5.41) is 4.24. The van der Waals surface area contributed by atoms with Gasteiger partial charge in [0.05, 0.1) is 0 Å². The Morgan fingerprint density at radius 3 is 3.08 bits per heavy atom. The minimum absolute atomic E-state index is 0.184. The zero-order valence-corrected chi connectivity index (χ0v) is 13.8. The van der Waals surface area contributed by atoms with Crippen LogP contribution < -0.4 is 5.32 Å². The number of hydrogen-bond acceptors (Lipinski definition) is 3. The topological polar surface area (TPSA) is 70.9 Å². The maximum atomic E-state index is 12.3. The molecule has 1 aliphatic rings. The molecule has 5 nitrogen and oxygen atoms in total. The molecule has 2 N–H and O–H groups in total. The van der Waals surface area contributed by atoms with Gasteiger partial charge < -0.3 is 14.7 Å². The summed E-state index contributed by atoms with van der Waals surface area (Å²) < 4.78 is 5.22. The van der Waals surface area contributed by atoms with Gasteiger partial charge in [0.2, 0.25) is 0 Å². The number of carbonyl (C=O) groups excluding carboxylic acids is 1. The molecule has 1 aliphatic carbocycles. The van der Waals surface area contributed by atoms with E-state index in [1.54, 1.807) is 0 Å². The van der Waals surface area contributed by atoms with E-state index in [0.717, 1.165) is 18.4 Å². The average Bonchev–Trinajstić information content (AvgIpc) is 3.23. The first kappa shape index (κ1) is 15.0. The number of benzene rings is 1. The fourth-order valence-corrected chi connectivity index (χ4v) is 3.54. The Labute approximate surface area is 140 Å². The summed E-state index contributed by atoms with van der Waals surface area (Å²) >= 11 is 0. The van der Waals surface area contributed by atoms with Gasteiger partial charge in [-0.1, -0.05) is 13.0 Å². The van der Waals surface area contributed by atoms with Crippen molar-refractivity contribution >= 4 is 16.8 Å². The van der Waals surface area contributed by atoms with Crippen molar-refractivity contribution < 1.29 is 9.21 Å². The second-order valence-corrected chi connectivity index (χ2v) is 6.33. The highest BCUT2D eigenvalue weighted by Gasteiger charge is 2.17. The molecule has 5 heteroatoms. The monoisotopic (exact) mass is 323 g/mol. The van der Waals surface area contributed by atoms with Gasteiger partial charge in [-0.05, 0) is 48.9 Å². The van der Waals surface area contributed by atoms with Crippen molar-refractivity contribution in [2.24, 2.45) is 0 Å². The first-order valence-corrected chi connectivity index (χ1v) is 8.59. The number of carbonyl (C=O) groups is 1. The highest BCUT2D eigenvalue weighted by Crippen LogP contribution is 2.29. The molecule has 124 valence electrons. The van der Waals surface area contributed by atoms with E-state index >= 15 is 0 Å².